The molecule has 2 aromatic rings. The van der Waals surface area contributed by atoms with Crippen LogP contribution in [0, 0.1) is 0 Å². The van der Waals surface area contributed by atoms with E-state index in [0.29, 0.717) is 16.3 Å². The Bertz CT molecular complexity index is 807. The van der Waals surface area contributed by atoms with Gasteiger partial charge in [-0.3, -0.25) is 4.79 Å². The Kier molecular flexibility index (Phi) is 5.54. The summed E-state index contributed by atoms with van der Waals surface area (Å²) in [6.45, 7) is 1.36. The maximum absolute atomic E-state index is 11.1. The van der Waals surface area contributed by atoms with E-state index >= 15 is 0 Å². The number of anilines is 1. The van der Waals surface area contributed by atoms with Crippen LogP contribution in [0.4, 0.5) is 5.69 Å². The predicted molar refractivity (Wildman–Crippen MR) is 90.2 cm³/mol. The number of hydrogen-bond donors (Lipinski definition) is 3. The van der Waals surface area contributed by atoms with Crippen molar-refractivity contribution in [2.24, 2.45) is 0 Å². The van der Waals surface area contributed by atoms with Gasteiger partial charge in [0.05, 0.1) is 5.02 Å². The van der Waals surface area contributed by atoms with E-state index in [0.717, 1.165) is 0 Å². The molecular weight excluding hydrogens is 357 g/mol. The molecule has 0 amide bonds. The summed E-state index contributed by atoms with van der Waals surface area (Å²) in [7, 11) is 0. The Balaban J connectivity index is 2.24. The van der Waals surface area contributed by atoms with Gasteiger partial charge in [-0.1, -0.05) is 23.2 Å². The van der Waals surface area contributed by atoms with Crippen molar-refractivity contribution in [2.75, 3.05) is 5.32 Å². The van der Waals surface area contributed by atoms with Crippen LogP contribution in [0.5, 0.6) is 11.5 Å². The average molecular weight is 370 g/mol. The van der Waals surface area contributed by atoms with Gasteiger partial charge in [0.1, 0.15) is 17.1 Å². The van der Waals surface area contributed by atoms with Crippen LogP contribution in [0.15, 0.2) is 30.3 Å². The van der Waals surface area contributed by atoms with E-state index < -0.39 is 11.9 Å². The highest BCUT2D eigenvalue weighted by molar-refractivity contribution is 6.35. The Morgan fingerprint density at radius 3 is 2.54 bits per heavy atom. The topological polar surface area (TPSA) is 95.9 Å². The lowest BCUT2D eigenvalue weighted by Gasteiger charge is -2.12. The van der Waals surface area contributed by atoms with Crippen molar-refractivity contribution >= 4 is 40.8 Å². The molecule has 24 heavy (non-hydrogen) atoms. The lowest BCUT2D eigenvalue weighted by atomic mass is 10.1. The number of ether oxygens (including phenoxy) is 1. The number of rotatable bonds is 5. The van der Waals surface area contributed by atoms with Crippen molar-refractivity contribution in [2.45, 2.75) is 13.5 Å². The van der Waals surface area contributed by atoms with Crippen molar-refractivity contribution < 1.29 is 24.5 Å². The summed E-state index contributed by atoms with van der Waals surface area (Å²) in [6.07, 6.45) is 0. The van der Waals surface area contributed by atoms with E-state index in [4.69, 9.17) is 33.0 Å². The molecule has 2 aromatic carbocycles. The third-order valence-corrected chi connectivity index (χ3v) is 3.56. The Morgan fingerprint density at radius 1 is 1.21 bits per heavy atom. The first-order chi connectivity index (χ1) is 11.3. The number of carboxylic acids is 1. The first-order valence-corrected chi connectivity index (χ1v) is 7.50. The molecule has 0 radical (unpaired) electrons. The number of halogens is 2. The van der Waals surface area contributed by atoms with Crippen molar-refractivity contribution in [1.29, 1.82) is 0 Å². The second-order valence-electron chi connectivity index (χ2n) is 4.86. The standard InChI is InChI=1S/C16H13Cl2NO5/c1-8(20)24-14-6-11(2-3-12(14)16(22)23)19-7-9-4-10(17)5-13(18)15(9)21/h2-6,19,21H,7H2,1H3,(H,22,23). The summed E-state index contributed by atoms with van der Waals surface area (Å²) < 4.78 is 4.91. The molecule has 0 aliphatic heterocycles. The van der Waals surface area contributed by atoms with Crippen molar-refractivity contribution in [3.63, 3.8) is 0 Å². The molecule has 0 aromatic heterocycles. The molecule has 8 heteroatoms. The minimum Gasteiger partial charge on any atom is -0.506 e. The summed E-state index contributed by atoms with van der Waals surface area (Å²) in [5.41, 5.74) is 0.819. The van der Waals surface area contributed by atoms with E-state index in [9.17, 15) is 14.7 Å². The quantitative estimate of drug-likeness (QED) is 0.545. The Morgan fingerprint density at radius 2 is 1.92 bits per heavy atom. The van der Waals surface area contributed by atoms with Gasteiger partial charge < -0.3 is 20.3 Å². The third-order valence-electron chi connectivity index (χ3n) is 3.06. The van der Waals surface area contributed by atoms with Crippen LogP contribution in [0.25, 0.3) is 0 Å². The van der Waals surface area contributed by atoms with Gasteiger partial charge in [-0.25, -0.2) is 4.79 Å². The van der Waals surface area contributed by atoms with Crippen LogP contribution in [0.2, 0.25) is 10.0 Å². The number of esters is 1. The molecule has 0 bridgehead atoms. The van der Waals surface area contributed by atoms with Crippen molar-refractivity contribution in [1.82, 2.24) is 0 Å². The Hall–Kier alpha value is -2.44. The van der Waals surface area contributed by atoms with Gasteiger partial charge in [-0.05, 0) is 24.3 Å². The zero-order chi connectivity index (χ0) is 17.9. The maximum Gasteiger partial charge on any atom is 0.339 e. The van der Waals surface area contributed by atoms with Gasteiger partial charge in [0.15, 0.2) is 0 Å². The van der Waals surface area contributed by atoms with Crippen molar-refractivity contribution in [3.8, 4) is 11.5 Å². The van der Waals surface area contributed by atoms with Crippen LogP contribution in [0.3, 0.4) is 0 Å². The molecule has 6 nitrogen and oxygen atoms in total. The van der Waals surface area contributed by atoms with E-state index in [1.807, 2.05) is 0 Å². The second-order valence-corrected chi connectivity index (χ2v) is 5.70. The molecule has 0 aliphatic rings. The fourth-order valence-corrected chi connectivity index (χ4v) is 2.54. The molecule has 0 aliphatic carbocycles. The van der Waals surface area contributed by atoms with E-state index in [1.54, 1.807) is 6.07 Å². The smallest absolute Gasteiger partial charge is 0.339 e. The van der Waals surface area contributed by atoms with Gasteiger partial charge in [0.25, 0.3) is 0 Å². The number of hydrogen-bond acceptors (Lipinski definition) is 5. The summed E-state index contributed by atoms with van der Waals surface area (Å²) in [6, 6.07) is 7.18. The van der Waals surface area contributed by atoms with Gasteiger partial charge in [0.2, 0.25) is 0 Å². The van der Waals surface area contributed by atoms with Crippen LogP contribution in [-0.4, -0.2) is 22.2 Å². The number of aromatic carboxylic acids is 1. The fraction of sp³-hybridized carbons (Fsp3) is 0.125. The Labute approximate surface area is 147 Å². The molecular formula is C16H13Cl2NO5. The average Bonchev–Trinajstić information content (AvgIpc) is 2.48. The summed E-state index contributed by atoms with van der Waals surface area (Å²) in [5.74, 6) is -2.02. The monoisotopic (exact) mass is 369 g/mol. The summed E-state index contributed by atoms with van der Waals surface area (Å²) in [4.78, 5) is 22.2. The first kappa shape index (κ1) is 17.9. The maximum atomic E-state index is 11.1. The summed E-state index contributed by atoms with van der Waals surface area (Å²) in [5, 5.41) is 22.5. The molecule has 0 spiro atoms. The highest BCUT2D eigenvalue weighted by Gasteiger charge is 2.14. The molecule has 2 rings (SSSR count). The lowest BCUT2D eigenvalue weighted by molar-refractivity contribution is -0.131. The summed E-state index contributed by atoms with van der Waals surface area (Å²) >= 11 is 11.7. The molecule has 0 fully saturated rings. The largest absolute Gasteiger partial charge is 0.506 e. The SMILES string of the molecule is CC(=O)Oc1cc(NCc2cc(Cl)cc(Cl)c2O)ccc1C(=O)O. The van der Waals surface area contributed by atoms with Gasteiger partial charge in [0, 0.05) is 35.8 Å². The highest BCUT2D eigenvalue weighted by Crippen LogP contribution is 2.32. The van der Waals surface area contributed by atoms with Crippen LogP contribution < -0.4 is 10.1 Å². The predicted octanol–water partition coefficient (Wildman–Crippen LogP) is 3.93. The minimum atomic E-state index is -1.21. The number of phenols is 1. The molecule has 3 N–H and O–H groups in total. The molecule has 126 valence electrons. The lowest BCUT2D eigenvalue weighted by Crippen LogP contribution is -2.08. The number of carboxylic acid groups (broad SMARTS) is 1. The second kappa shape index (κ2) is 7.42. The van der Waals surface area contributed by atoms with Crippen LogP contribution in [-0.2, 0) is 11.3 Å². The number of nitrogens with one attached hydrogen (secondary N) is 1. The van der Waals surface area contributed by atoms with Gasteiger partial charge in [-0.2, -0.15) is 0 Å². The highest BCUT2D eigenvalue weighted by atomic mass is 35.5. The van der Waals surface area contributed by atoms with Crippen molar-refractivity contribution in [3.05, 3.63) is 51.5 Å². The molecule has 0 atom stereocenters. The molecule has 0 heterocycles. The van der Waals surface area contributed by atoms with E-state index in [2.05, 4.69) is 5.32 Å². The number of carbonyl (C=O) groups is 2. The normalized spacial score (nSPS) is 10.3. The number of phenolic OH excluding ortho intramolecular Hbond substituents is 1. The van der Waals surface area contributed by atoms with Gasteiger partial charge >= 0.3 is 11.9 Å². The van der Waals surface area contributed by atoms with Crippen LogP contribution in [0.1, 0.15) is 22.8 Å². The van der Waals surface area contributed by atoms with E-state index in [-0.39, 0.29) is 28.6 Å². The minimum absolute atomic E-state index is 0.0756. The first-order valence-electron chi connectivity index (χ1n) is 6.74. The van der Waals surface area contributed by atoms with Gasteiger partial charge in [-0.15, -0.1) is 0 Å². The number of benzene rings is 2. The van der Waals surface area contributed by atoms with E-state index in [1.165, 1.54) is 31.2 Å². The third kappa shape index (κ3) is 4.31. The fourth-order valence-electron chi connectivity index (χ4n) is 2.00. The molecule has 0 unspecified atom stereocenters. The molecule has 0 saturated heterocycles. The molecule has 0 saturated carbocycles. The van der Waals surface area contributed by atoms with Crippen LogP contribution >= 0.6 is 23.2 Å². The number of carbonyl (C=O) groups excluding carboxylic acids is 1. The zero-order valence-electron chi connectivity index (χ0n) is 12.5. The number of aromatic hydroxyl groups is 1. The zero-order valence-corrected chi connectivity index (χ0v) is 14.0.